The van der Waals surface area contributed by atoms with Crippen LogP contribution < -0.4 is 5.32 Å². The average molecular weight is 406 g/mol. The van der Waals surface area contributed by atoms with E-state index in [1.807, 2.05) is 37.1 Å². The molecule has 0 radical (unpaired) electrons. The van der Waals surface area contributed by atoms with Crippen molar-refractivity contribution in [3.8, 4) is 11.4 Å². The van der Waals surface area contributed by atoms with Gasteiger partial charge in [-0.2, -0.15) is 0 Å². The molecular formula is C22H26N6O2. The Bertz CT molecular complexity index is 1030. The molecule has 8 nitrogen and oxygen atoms in total. The van der Waals surface area contributed by atoms with Crippen LogP contribution in [0.3, 0.4) is 0 Å². The van der Waals surface area contributed by atoms with Crippen LogP contribution in [0.25, 0.3) is 11.4 Å². The second-order valence-corrected chi connectivity index (χ2v) is 7.50. The first-order chi connectivity index (χ1) is 14.6. The number of nitrogens with zero attached hydrogens (tertiary/aromatic N) is 5. The van der Waals surface area contributed by atoms with Crippen LogP contribution in [0.1, 0.15) is 53.2 Å². The Balaban J connectivity index is 1.62. The summed E-state index contributed by atoms with van der Waals surface area (Å²) in [5.74, 6) is 2.10. The van der Waals surface area contributed by atoms with Crippen LogP contribution in [0.5, 0.6) is 0 Å². The molecule has 1 saturated heterocycles. The number of carbonyl (C=O) groups is 1. The van der Waals surface area contributed by atoms with Gasteiger partial charge in [0.2, 0.25) is 0 Å². The number of rotatable bonds is 5. The predicted molar refractivity (Wildman–Crippen MR) is 113 cm³/mol. The lowest BCUT2D eigenvalue weighted by molar-refractivity contribution is 0.0703. The molecule has 0 aromatic carbocycles. The number of anilines is 1. The van der Waals surface area contributed by atoms with Gasteiger partial charge in [0.25, 0.3) is 5.91 Å². The zero-order valence-electron chi connectivity index (χ0n) is 17.6. The van der Waals surface area contributed by atoms with E-state index in [1.54, 1.807) is 19.3 Å². The third-order valence-electron chi connectivity index (χ3n) is 5.53. The van der Waals surface area contributed by atoms with E-state index in [0.29, 0.717) is 30.1 Å². The van der Waals surface area contributed by atoms with E-state index >= 15 is 0 Å². The van der Waals surface area contributed by atoms with E-state index in [9.17, 15) is 4.79 Å². The monoisotopic (exact) mass is 406 g/mol. The Morgan fingerprint density at radius 1 is 1.37 bits per heavy atom. The molecule has 1 atom stereocenters. The first-order valence-corrected chi connectivity index (χ1v) is 10.3. The van der Waals surface area contributed by atoms with Gasteiger partial charge >= 0.3 is 0 Å². The van der Waals surface area contributed by atoms with E-state index < -0.39 is 0 Å². The zero-order valence-corrected chi connectivity index (χ0v) is 17.6. The maximum Gasteiger partial charge on any atom is 0.259 e. The SMILES string of the molecule is CCc1noc(C)c1C(=O)N1CCC[C@@H](c2cc(NC)nc(-c3cccnc3)n2)C1. The first kappa shape index (κ1) is 20.0. The molecule has 4 heterocycles. The highest BCUT2D eigenvalue weighted by Crippen LogP contribution is 2.30. The zero-order chi connectivity index (χ0) is 21.1. The number of amides is 1. The normalized spacial score (nSPS) is 16.5. The quantitative estimate of drug-likeness (QED) is 0.693. The van der Waals surface area contributed by atoms with Gasteiger partial charge in [0, 0.05) is 50.1 Å². The minimum atomic E-state index is -0.00863. The molecule has 4 rings (SSSR count). The molecule has 30 heavy (non-hydrogen) atoms. The average Bonchev–Trinajstić information content (AvgIpc) is 3.19. The van der Waals surface area contributed by atoms with Crippen LogP contribution in [0.2, 0.25) is 0 Å². The number of hydrogen-bond donors (Lipinski definition) is 1. The van der Waals surface area contributed by atoms with Crippen LogP contribution in [0.15, 0.2) is 35.1 Å². The highest BCUT2D eigenvalue weighted by molar-refractivity contribution is 5.96. The summed E-state index contributed by atoms with van der Waals surface area (Å²) in [6, 6.07) is 5.79. The number of nitrogens with one attached hydrogen (secondary N) is 1. The molecule has 1 amide bonds. The van der Waals surface area contributed by atoms with Crippen molar-refractivity contribution in [2.24, 2.45) is 0 Å². The van der Waals surface area contributed by atoms with E-state index in [0.717, 1.165) is 42.2 Å². The van der Waals surface area contributed by atoms with Gasteiger partial charge in [-0.25, -0.2) is 9.97 Å². The third kappa shape index (κ3) is 3.90. The lowest BCUT2D eigenvalue weighted by Crippen LogP contribution is -2.39. The fourth-order valence-electron chi connectivity index (χ4n) is 3.92. The summed E-state index contributed by atoms with van der Waals surface area (Å²) in [5, 5.41) is 7.16. The molecule has 156 valence electrons. The molecule has 0 spiro atoms. The van der Waals surface area contributed by atoms with E-state index in [1.165, 1.54) is 0 Å². The van der Waals surface area contributed by atoms with Crippen molar-refractivity contribution in [2.75, 3.05) is 25.5 Å². The molecule has 1 aliphatic heterocycles. The van der Waals surface area contributed by atoms with Crippen LogP contribution in [-0.2, 0) is 6.42 Å². The second kappa shape index (κ2) is 8.61. The summed E-state index contributed by atoms with van der Waals surface area (Å²) in [6.07, 6.45) is 6.05. The van der Waals surface area contributed by atoms with Gasteiger partial charge in [0.1, 0.15) is 17.1 Å². The molecule has 0 saturated carbocycles. The molecular weight excluding hydrogens is 380 g/mol. The summed E-state index contributed by atoms with van der Waals surface area (Å²) in [6.45, 7) is 5.11. The summed E-state index contributed by atoms with van der Waals surface area (Å²) in [5.41, 5.74) is 3.13. The Kier molecular flexibility index (Phi) is 5.74. The molecule has 0 unspecified atom stereocenters. The summed E-state index contributed by atoms with van der Waals surface area (Å²) < 4.78 is 5.27. The van der Waals surface area contributed by atoms with Gasteiger partial charge in [0.15, 0.2) is 5.82 Å². The highest BCUT2D eigenvalue weighted by atomic mass is 16.5. The summed E-state index contributed by atoms with van der Waals surface area (Å²) >= 11 is 0. The van der Waals surface area contributed by atoms with Crippen molar-refractivity contribution in [1.29, 1.82) is 0 Å². The molecule has 8 heteroatoms. The fraction of sp³-hybridized carbons (Fsp3) is 0.409. The summed E-state index contributed by atoms with van der Waals surface area (Å²) in [7, 11) is 1.84. The molecule has 1 fully saturated rings. The van der Waals surface area contributed by atoms with Gasteiger partial charge in [0.05, 0.1) is 11.4 Å². The van der Waals surface area contributed by atoms with Gasteiger partial charge in [-0.15, -0.1) is 0 Å². The Morgan fingerprint density at radius 2 is 2.23 bits per heavy atom. The van der Waals surface area contributed by atoms with Crippen LogP contribution in [-0.4, -0.2) is 51.1 Å². The topological polar surface area (TPSA) is 97.0 Å². The van der Waals surface area contributed by atoms with Crippen molar-refractivity contribution in [2.45, 2.75) is 39.0 Å². The van der Waals surface area contributed by atoms with Gasteiger partial charge in [-0.1, -0.05) is 12.1 Å². The second-order valence-electron chi connectivity index (χ2n) is 7.50. The van der Waals surface area contributed by atoms with Crippen molar-refractivity contribution >= 4 is 11.7 Å². The lowest BCUT2D eigenvalue weighted by Gasteiger charge is -2.32. The fourth-order valence-corrected chi connectivity index (χ4v) is 3.92. The van der Waals surface area contributed by atoms with E-state index in [2.05, 4.69) is 20.4 Å². The minimum absolute atomic E-state index is 0.00863. The molecule has 3 aromatic heterocycles. The number of likely N-dealkylation sites (tertiary alicyclic amines) is 1. The molecule has 1 N–H and O–H groups in total. The summed E-state index contributed by atoms with van der Waals surface area (Å²) in [4.78, 5) is 28.7. The Hall–Kier alpha value is -3.29. The largest absolute Gasteiger partial charge is 0.373 e. The van der Waals surface area contributed by atoms with Gasteiger partial charge in [-0.05, 0) is 38.3 Å². The smallest absolute Gasteiger partial charge is 0.259 e. The maximum atomic E-state index is 13.2. The van der Waals surface area contributed by atoms with Crippen molar-refractivity contribution in [1.82, 2.24) is 25.0 Å². The van der Waals surface area contributed by atoms with Crippen molar-refractivity contribution < 1.29 is 9.32 Å². The Labute approximate surface area is 175 Å². The van der Waals surface area contributed by atoms with Crippen LogP contribution in [0.4, 0.5) is 5.82 Å². The van der Waals surface area contributed by atoms with E-state index in [4.69, 9.17) is 9.51 Å². The first-order valence-electron chi connectivity index (χ1n) is 10.3. The highest BCUT2D eigenvalue weighted by Gasteiger charge is 2.30. The Morgan fingerprint density at radius 3 is 2.97 bits per heavy atom. The van der Waals surface area contributed by atoms with Crippen LogP contribution >= 0.6 is 0 Å². The molecule has 3 aromatic rings. The van der Waals surface area contributed by atoms with Crippen molar-refractivity contribution in [3.63, 3.8) is 0 Å². The molecule has 1 aliphatic rings. The van der Waals surface area contributed by atoms with Crippen LogP contribution in [0, 0.1) is 6.92 Å². The van der Waals surface area contributed by atoms with Crippen molar-refractivity contribution in [3.05, 3.63) is 53.3 Å². The number of hydrogen-bond acceptors (Lipinski definition) is 7. The number of carbonyl (C=O) groups excluding carboxylic acids is 1. The lowest BCUT2D eigenvalue weighted by atomic mass is 9.93. The molecule has 0 aliphatic carbocycles. The minimum Gasteiger partial charge on any atom is -0.373 e. The number of aromatic nitrogens is 4. The van der Waals surface area contributed by atoms with Gasteiger partial charge in [-0.3, -0.25) is 9.78 Å². The predicted octanol–water partition coefficient (Wildman–Crippen LogP) is 3.46. The number of piperidine rings is 1. The van der Waals surface area contributed by atoms with Gasteiger partial charge < -0.3 is 14.7 Å². The third-order valence-corrected chi connectivity index (χ3v) is 5.53. The number of aryl methyl sites for hydroxylation is 2. The van der Waals surface area contributed by atoms with E-state index in [-0.39, 0.29) is 11.8 Å². The standard InChI is InChI=1S/C22H26N6O2/c1-4-17-20(14(2)30-27-17)22(29)28-10-6-8-16(13-28)18-11-19(23-3)26-21(25-18)15-7-5-9-24-12-15/h5,7,9,11-12,16H,4,6,8,10,13H2,1-3H3,(H,23,25,26)/t16-/m1/s1. The maximum absolute atomic E-state index is 13.2. The molecule has 0 bridgehead atoms. The number of pyridine rings is 1.